The van der Waals surface area contributed by atoms with Crippen LogP contribution in [-0.4, -0.2) is 41.9 Å². The highest BCUT2D eigenvalue weighted by molar-refractivity contribution is 5.65. The number of carbonyl (C=O) groups is 1. The molecule has 2 rings (SSSR count). The number of hydrogen-bond acceptors (Lipinski definition) is 2. The van der Waals surface area contributed by atoms with E-state index in [0.717, 1.165) is 12.8 Å². The van der Waals surface area contributed by atoms with E-state index >= 15 is 0 Å². The molecule has 1 N–H and O–H groups in total. The monoisotopic (exact) mass is 209 g/mol. The molecule has 1 heterocycles. The Bertz CT molecular complexity index is 283. The summed E-state index contributed by atoms with van der Waals surface area (Å²) in [5.74, 6) is 3.41. The molecule has 0 radical (unpaired) electrons. The summed E-state index contributed by atoms with van der Waals surface area (Å²) in [5, 5.41) is 8.84. The van der Waals surface area contributed by atoms with Crippen molar-refractivity contribution in [3.8, 4) is 12.3 Å². The molecule has 1 saturated carbocycles. The van der Waals surface area contributed by atoms with Gasteiger partial charge in [0, 0.05) is 13.1 Å². The Labute approximate surface area is 89.2 Å². The number of likely N-dealkylation sites (tertiary alicyclic amines) is 1. The predicted molar refractivity (Wildman–Crippen MR) is 54.4 cm³/mol. The molecule has 82 valence electrons. The predicted octanol–water partition coefficient (Wildman–Crippen LogP) is 1.02. The molecule has 0 aromatic heterocycles. The molecule has 1 amide bonds. The first-order valence-corrected chi connectivity index (χ1v) is 5.23. The highest BCUT2D eigenvalue weighted by atomic mass is 16.5. The molecule has 1 aliphatic heterocycles. The molecule has 2 fully saturated rings. The van der Waals surface area contributed by atoms with E-state index in [1.807, 2.05) is 0 Å². The lowest BCUT2D eigenvalue weighted by Gasteiger charge is -2.15. The van der Waals surface area contributed by atoms with E-state index in [4.69, 9.17) is 16.3 Å². The molecule has 0 unspecified atom stereocenters. The van der Waals surface area contributed by atoms with Gasteiger partial charge in [0.25, 0.3) is 0 Å². The molecule has 1 aliphatic carbocycles. The Morgan fingerprint density at radius 3 is 2.53 bits per heavy atom. The van der Waals surface area contributed by atoms with Crippen LogP contribution in [0, 0.1) is 24.2 Å². The van der Waals surface area contributed by atoms with Gasteiger partial charge < -0.3 is 14.7 Å². The highest BCUT2D eigenvalue weighted by Gasteiger charge is 2.42. The number of nitrogens with zero attached hydrogens (tertiary/aromatic N) is 1. The largest absolute Gasteiger partial charge is 0.465 e. The quantitative estimate of drug-likeness (QED) is 0.691. The van der Waals surface area contributed by atoms with Crippen molar-refractivity contribution >= 4 is 6.09 Å². The van der Waals surface area contributed by atoms with Crippen molar-refractivity contribution in [1.29, 1.82) is 0 Å². The van der Waals surface area contributed by atoms with Gasteiger partial charge >= 0.3 is 6.09 Å². The summed E-state index contributed by atoms with van der Waals surface area (Å²) in [7, 11) is 0. The van der Waals surface area contributed by atoms with Gasteiger partial charge in [-0.25, -0.2) is 4.79 Å². The van der Waals surface area contributed by atoms with Gasteiger partial charge in [-0.05, 0) is 24.7 Å². The molecule has 1 saturated heterocycles. The number of rotatable bonds is 2. The van der Waals surface area contributed by atoms with Crippen LogP contribution in [0.4, 0.5) is 4.79 Å². The molecule has 2 aliphatic rings. The summed E-state index contributed by atoms with van der Waals surface area (Å²) >= 11 is 0. The van der Waals surface area contributed by atoms with Gasteiger partial charge in [0.1, 0.15) is 6.61 Å². The molecule has 0 aromatic rings. The second-order valence-electron chi connectivity index (χ2n) is 4.32. The number of amides is 1. The van der Waals surface area contributed by atoms with Crippen LogP contribution in [0.5, 0.6) is 0 Å². The Hall–Kier alpha value is -1.21. The van der Waals surface area contributed by atoms with Crippen LogP contribution in [0.15, 0.2) is 0 Å². The number of hydrogen-bond donors (Lipinski definition) is 1. The van der Waals surface area contributed by atoms with E-state index in [1.165, 1.54) is 4.90 Å². The molecule has 0 bridgehead atoms. The van der Waals surface area contributed by atoms with E-state index in [-0.39, 0.29) is 6.10 Å². The fraction of sp³-hybridized carbons (Fsp3) is 0.727. The minimum absolute atomic E-state index is 0.243. The number of carboxylic acid groups (broad SMARTS) is 1. The summed E-state index contributed by atoms with van der Waals surface area (Å²) in [5.41, 5.74) is 0. The van der Waals surface area contributed by atoms with Crippen molar-refractivity contribution < 1.29 is 14.6 Å². The van der Waals surface area contributed by atoms with Crippen molar-refractivity contribution in [2.45, 2.75) is 18.9 Å². The second kappa shape index (κ2) is 4.11. The third kappa shape index (κ3) is 2.07. The van der Waals surface area contributed by atoms with Crippen LogP contribution in [0.2, 0.25) is 0 Å². The van der Waals surface area contributed by atoms with E-state index < -0.39 is 6.09 Å². The lowest BCUT2D eigenvalue weighted by molar-refractivity contribution is 0.0728. The summed E-state index contributed by atoms with van der Waals surface area (Å²) in [6.07, 6.45) is 6.47. The minimum atomic E-state index is -0.800. The van der Waals surface area contributed by atoms with Crippen LogP contribution >= 0.6 is 0 Å². The molecule has 3 atom stereocenters. The molecule has 4 nitrogen and oxygen atoms in total. The van der Waals surface area contributed by atoms with E-state index in [0.29, 0.717) is 31.5 Å². The summed E-state index contributed by atoms with van der Waals surface area (Å²) in [6.45, 7) is 1.69. The van der Waals surface area contributed by atoms with Gasteiger partial charge in [0.15, 0.2) is 0 Å². The standard InChI is InChI=1S/C11H15NO3/c1-2-3-15-10-4-8-6-12(11(13)14)7-9(8)5-10/h1,8-10H,3-7H2,(H,13,14)/t8-,9+,10-. The van der Waals surface area contributed by atoms with E-state index in [9.17, 15) is 4.79 Å². The van der Waals surface area contributed by atoms with Crippen molar-refractivity contribution in [2.75, 3.05) is 19.7 Å². The smallest absolute Gasteiger partial charge is 0.407 e. The Kier molecular flexibility index (Phi) is 2.83. The number of fused-ring (bicyclic) bond motifs is 1. The van der Waals surface area contributed by atoms with Crippen LogP contribution in [0.1, 0.15) is 12.8 Å². The van der Waals surface area contributed by atoms with Crippen molar-refractivity contribution in [3.63, 3.8) is 0 Å². The van der Waals surface area contributed by atoms with Gasteiger partial charge in [0.05, 0.1) is 6.10 Å². The number of ether oxygens (including phenoxy) is 1. The van der Waals surface area contributed by atoms with Crippen LogP contribution in [0.25, 0.3) is 0 Å². The lowest BCUT2D eigenvalue weighted by atomic mass is 10.0. The number of terminal acetylenes is 1. The fourth-order valence-corrected chi connectivity index (χ4v) is 2.70. The summed E-state index contributed by atoms with van der Waals surface area (Å²) < 4.78 is 5.48. The Morgan fingerprint density at radius 2 is 2.07 bits per heavy atom. The van der Waals surface area contributed by atoms with Crippen LogP contribution in [-0.2, 0) is 4.74 Å². The Morgan fingerprint density at radius 1 is 1.47 bits per heavy atom. The summed E-state index contributed by atoms with van der Waals surface area (Å²) in [6, 6.07) is 0. The third-order valence-electron chi connectivity index (χ3n) is 3.38. The molecule has 4 heteroatoms. The lowest BCUT2D eigenvalue weighted by Crippen LogP contribution is -2.28. The molecule has 0 aromatic carbocycles. The molecular weight excluding hydrogens is 194 g/mol. The molecule has 15 heavy (non-hydrogen) atoms. The van der Waals surface area contributed by atoms with Crippen LogP contribution < -0.4 is 0 Å². The van der Waals surface area contributed by atoms with E-state index in [1.54, 1.807) is 0 Å². The van der Waals surface area contributed by atoms with Crippen molar-refractivity contribution in [1.82, 2.24) is 4.90 Å². The molecular formula is C11H15NO3. The maximum Gasteiger partial charge on any atom is 0.407 e. The van der Waals surface area contributed by atoms with E-state index in [2.05, 4.69) is 5.92 Å². The van der Waals surface area contributed by atoms with Gasteiger partial charge in [0.2, 0.25) is 0 Å². The van der Waals surface area contributed by atoms with Gasteiger partial charge in [-0.3, -0.25) is 0 Å². The average Bonchev–Trinajstić information content (AvgIpc) is 2.71. The SMILES string of the molecule is C#CCO[C@@H]1C[C@@H]2CN(C(=O)O)C[C@@H]2C1. The normalized spacial score (nSPS) is 33.8. The van der Waals surface area contributed by atoms with Gasteiger partial charge in [-0.15, -0.1) is 6.42 Å². The zero-order valence-corrected chi connectivity index (χ0v) is 8.56. The van der Waals surface area contributed by atoms with Crippen LogP contribution in [0.3, 0.4) is 0 Å². The Balaban J connectivity index is 1.83. The minimum Gasteiger partial charge on any atom is -0.465 e. The van der Waals surface area contributed by atoms with Gasteiger partial charge in [-0.1, -0.05) is 5.92 Å². The van der Waals surface area contributed by atoms with Crippen molar-refractivity contribution in [3.05, 3.63) is 0 Å². The zero-order chi connectivity index (χ0) is 10.8. The van der Waals surface area contributed by atoms with Crippen molar-refractivity contribution in [2.24, 2.45) is 11.8 Å². The fourth-order valence-electron chi connectivity index (χ4n) is 2.70. The first-order chi connectivity index (χ1) is 7.20. The van der Waals surface area contributed by atoms with Gasteiger partial charge in [-0.2, -0.15) is 0 Å². The maximum atomic E-state index is 10.8. The molecule has 0 spiro atoms. The second-order valence-corrected chi connectivity index (χ2v) is 4.32. The first kappa shape index (κ1) is 10.3. The topological polar surface area (TPSA) is 49.8 Å². The first-order valence-electron chi connectivity index (χ1n) is 5.23. The maximum absolute atomic E-state index is 10.8. The summed E-state index contributed by atoms with van der Waals surface area (Å²) in [4.78, 5) is 12.3. The zero-order valence-electron chi connectivity index (χ0n) is 8.56. The highest BCUT2D eigenvalue weighted by Crippen LogP contribution is 2.39. The third-order valence-corrected chi connectivity index (χ3v) is 3.38. The average molecular weight is 209 g/mol.